The summed E-state index contributed by atoms with van der Waals surface area (Å²) in [5.74, 6) is -0.153. The van der Waals surface area contributed by atoms with Crippen LogP contribution in [0.25, 0.3) is 0 Å². The number of ketones is 1. The van der Waals surface area contributed by atoms with Gasteiger partial charge in [0.05, 0.1) is 0 Å². The quantitative estimate of drug-likeness (QED) is 0.677. The Bertz CT molecular complexity index is 605. The molecule has 0 heterocycles. The lowest BCUT2D eigenvalue weighted by molar-refractivity contribution is -0.110. The Morgan fingerprint density at radius 2 is 1.70 bits per heavy atom. The number of Topliss-reactive ketones (excluding diaryl/α,β-unsaturated/α-hetero) is 1. The maximum absolute atomic E-state index is 12.5. The number of hydrogen-bond donors (Lipinski definition) is 1. The number of carbonyl (C=O) groups excluding carboxylic acids is 2. The molecule has 0 spiro atoms. The van der Waals surface area contributed by atoms with Gasteiger partial charge in [-0.1, -0.05) is 53.6 Å². The van der Waals surface area contributed by atoms with Gasteiger partial charge in [-0.15, -0.1) is 0 Å². The van der Waals surface area contributed by atoms with E-state index in [0.29, 0.717) is 22.6 Å². The second-order valence-electron chi connectivity index (χ2n) is 4.50. The number of benzene rings is 2. The SMILES string of the molecule is Cc1ccc(C(=O)C(NC=O)c2ccc(Cl)cc2)cc1. The Labute approximate surface area is 122 Å². The van der Waals surface area contributed by atoms with Crippen molar-refractivity contribution in [3.63, 3.8) is 0 Å². The van der Waals surface area contributed by atoms with E-state index in [-0.39, 0.29) is 5.78 Å². The lowest BCUT2D eigenvalue weighted by Gasteiger charge is -2.15. The zero-order valence-electron chi connectivity index (χ0n) is 11.0. The van der Waals surface area contributed by atoms with Gasteiger partial charge in [-0.2, -0.15) is 0 Å². The minimum atomic E-state index is -0.701. The molecule has 1 amide bonds. The van der Waals surface area contributed by atoms with Crippen molar-refractivity contribution < 1.29 is 9.59 Å². The normalized spacial score (nSPS) is 11.7. The first-order valence-electron chi connectivity index (χ1n) is 6.18. The fourth-order valence-electron chi connectivity index (χ4n) is 1.93. The van der Waals surface area contributed by atoms with Crippen molar-refractivity contribution in [2.24, 2.45) is 0 Å². The highest BCUT2D eigenvalue weighted by Gasteiger charge is 2.21. The molecule has 0 saturated heterocycles. The number of halogens is 1. The summed E-state index contributed by atoms with van der Waals surface area (Å²) >= 11 is 5.83. The van der Waals surface area contributed by atoms with Gasteiger partial charge in [0, 0.05) is 10.6 Å². The largest absolute Gasteiger partial charge is 0.344 e. The first kappa shape index (κ1) is 14.3. The van der Waals surface area contributed by atoms with Crippen LogP contribution < -0.4 is 5.32 Å². The average Bonchev–Trinajstić information content (AvgIpc) is 2.46. The molecule has 3 nitrogen and oxygen atoms in total. The zero-order valence-corrected chi connectivity index (χ0v) is 11.7. The predicted octanol–water partition coefficient (Wildman–Crippen LogP) is 3.32. The van der Waals surface area contributed by atoms with Crippen molar-refractivity contribution in [1.29, 1.82) is 0 Å². The van der Waals surface area contributed by atoms with Crippen LogP contribution in [0.4, 0.5) is 0 Å². The van der Waals surface area contributed by atoms with Crippen molar-refractivity contribution in [1.82, 2.24) is 5.32 Å². The highest BCUT2D eigenvalue weighted by molar-refractivity contribution is 6.30. The average molecular weight is 288 g/mol. The third kappa shape index (κ3) is 3.25. The zero-order chi connectivity index (χ0) is 14.5. The van der Waals surface area contributed by atoms with Crippen LogP contribution in [-0.2, 0) is 4.79 Å². The van der Waals surface area contributed by atoms with Gasteiger partial charge >= 0.3 is 0 Å². The predicted molar refractivity (Wildman–Crippen MR) is 78.9 cm³/mol. The molecule has 1 atom stereocenters. The van der Waals surface area contributed by atoms with Gasteiger partial charge in [0.25, 0.3) is 0 Å². The minimum absolute atomic E-state index is 0.153. The third-order valence-corrected chi connectivity index (χ3v) is 3.29. The molecule has 0 bridgehead atoms. The minimum Gasteiger partial charge on any atom is -0.344 e. The molecule has 1 unspecified atom stereocenters. The summed E-state index contributed by atoms with van der Waals surface area (Å²) in [6, 6.07) is 13.4. The van der Waals surface area contributed by atoms with Gasteiger partial charge in [-0.3, -0.25) is 9.59 Å². The molecule has 102 valence electrons. The van der Waals surface area contributed by atoms with Crippen molar-refractivity contribution >= 4 is 23.8 Å². The topological polar surface area (TPSA) is 46.2 Å². The number of rotatable bonds is 5. The summed E-state index contributed by atoms with van der Waals surface area (Å²) in [6.45, 7) is 1.95. The van der Waals surface area contributed by atoms with Crippen molar-refractivity contribution in [3.05, 3.63) is 70.2 Å². The lowest BCUT2D eigenvalue weighted by atomic mass is 9.97. The molecule has 0 aromatic heterocycles. The number of aryl methyl sites for hydroxylation is 1. The van der Waals surface area contributed by atoms with E-state index in [2.05, 4.69) is 5.32 Å². The van der Waals surface area contributed by atoms with Gasteiger partial charge < -0.3 is 5.32 Å². The van der Waals surface area contributed by atoms with Gasteiger partial charge in [0.1, 0.15) is 6.04 Å². The van der Waals surface area contributed by atoms with Crippen molar-refractivity contribution in [2.75, 3.05) is 0 Å². The third-order valence-electron chi connectivity index (χ3n) is 3.04. The van der Waals surface area contributed by atoms with Crippen LogP contribution in [0.2, 0.25) is 5.02 Å². The fraction of sp³-hybridized carbons (Fsp3) is 0.125. The standard InChI is InChI=1S/C16H14ClNO2/c1-11-2-4-13(5-3-11)16(20)15(18-10-19)12-6-8-14(17)9-7-12/h2-10,15H,1H3,(H,18,19). The second kappa shape index (κ2) is 6.35. The van der Waals surface area contributed by atoms with Gasteiger partial charge in [-0.25, -0.2) is 0 Å². The summed E-state index contributed by atoms with van der Waals surface area (Å²) in [7, 11) is 0. The maximum Gasteiger partial charge on any atom is 0.207 e. The van der Waals surface area contributed by atoms with E-state index in [1.807, 2.05) is 19.1 Å². The monoisotopic (exact) mass is 287 g/mol. The Morgan fingerprint density at radius 1 is 1.10 bits per heavy atom. The van der Waals surface area contributed by atoms with E-state index in [1.54, 1.807) is 36.4 Å². The highest BCUT2D eigenvalue weighted by atomic mass is 35.5. The van der Waals surface area contributed by atoms with E-state index >= 15 is 0 Å². The van der Waals surface area contributed by atoms with E-state index in [1.165, 1.54) is 0 Å². The maximum atomic E-state index is 12.5. The molecule has 0 radical (unpaired) electrons. The smallest absolute Gasteiger partial charge is 0.207 e. The number of carbonyl (C=O) groups is 2. The van der Waals surface area contributed by atoms with Crippen LogP contribution in [0.3, 0.4) is 0 Å². The second-order valence-corrected chi connectivity index (χ2v) is 4.94. The van der Waals surface area contributed by atoms with Crippen LogP contribution in [0.1, 0.15) is 27.5 Å². The van der Waals surface area contributed by atoms with Crippen LogP contribution in [0, 0.1) is 6.92 Å². The first-order chi connectivity index (χ1) is 9.61. The molecule has 20 heavy (non-hydrogen) atoms. The summed E-state index contributed by atoms with van der Waals surface area (Å²) in [6.07, 6.45) is 0.533. The fourth-order valence-corrected chi connectivity index (χ4v) is 2.06. The number of amides is 1. The van der Waals surface area contributed by atoms with Crippen molar-refractivity contribution in [3.8, 4) is 0 Å². The van der Waals surface area contributed by atoms with Crippen LogP contribution >= 0.6 is 11.6 Å². The van der Waals surface area contributed by atoms with Crippen LogP contribution in [0.5, 0.6) is 0 Å². The molecule has 2 rings (SSSR count). The molecular weight excluding hydrogens is 274 g/mol. The van der Waals surface area contributed by atoms with Gasteiger partial charge in [-0.05, 0) is 24.6 Å². The van der Waals surface area contributed by atoms with E-state index in [9.17, 15) is 9.59 Å². The summed E-state index contributed by atoms with van der Waals surface area (Å²) < 4.78 is 0. The molecule has 0 aliphatic carbocycles. The Balaban J connectivity index is 2.32. The molecular formula is C16H14ClNO2. The first-order valence-corrected chi connectivity index (χ1v) is 6.55. The van der Waals surface area contributed by atoms with Crippen LogP contribution in [0.15, 0.2) is 48.5 Å². The molecule has 4 heteroatoms. The Kier molecular flexibility index (Phi) is 4.53. The van der Waals surface area contributed by atoms with Gasteiger partial charge in [0.2, 0.25) is 6.41 Å². The van der Waals surface area contributed by atoms with Crippen LogP contribution in [-0.4, -0.2) is 12.2 Å². The van der Waals surface area contributed by atoms with Gasteiger partial charge in [0.15, 0.2) is 5.78 Å². The molecule has 1 N–H and O–H groups in total. The Hall–Kier alpha value is -2.13. The number of hydrogen-bond acceptors (Lipinski definition) is 2. The molecule has 0 aliphatic rings. The molecule has 0 saturated carbocycles. The summed E-state index contributed by atoms with van der Waals surface area (Å²) in [5.41, 5.74) is 2.34. The van der Waals surface area contributed by atoms with Crippen molar-refractivity contribution in [2.45, 2.75) is 13.0 Å². The molecule has 0 aliphatic heterocycles. The molecule has 0 fully saturated rings. The summed E-state index contributed by atoms with van der Waals surface area (Å²) in [4.78, 5) is 23.2. The lowest BCUT2D eigenvalue weighted by Crippen LogP contribution is -2.27. The Morgan fingerprint density at radius 3 is 2.25 bits per heavy atom. The highest BCUT2D eigenvalue weighted by Crippen LogP contribution is 2.20. The summed E-state index contributed by atoms with van der Waals surface area (Å²) in [5, 5.41) is 3.14. The number of nitrogens with one attached hydrogen (secondary N) is 1. The van der Waals surface area contributed by atoms with E-state index in [4.69, 9.17) is 11.6 Å². The van der Waals surface area contributed by atoms with E-state index < -0.39 is 6.04 Å². The molecule has 2 aromatic carbocycles. The molecule has 2 aromatic rings. The van der Waals surface area contributed by atoms with E-state index in [0.717, 1.165) is 5.56 Å².